The summed E-state index contributed by atoms with van der Waals surface area (Å²) in [6.07, 6.45) is 3.72. The third-order valence-corrected chi connectivity index (χ3v) is 5.33. The fourth-order valence-corrected chi connectivity index (χ4v) is 3.40. The van der Waals surface area contributed by atoms with Crippen molar-refractivity contribution in [2.45, 2.75) is 24.7 Å². The molecule has 0 radical (unpaired) electrons. The number of aryl methyl sites for hydroxylation is 1. The first-order valence-corrected chi connectivity index (χ1v) is 9.27. The molecule has 0 unspecified atom stereocenters. The van der Waals surface area contributed by atoms with Crippen molar-refractivity contribution in [1.82, 2.24) is 9.71 Å². The average molecular weight is 345 g/mol. The zero-order chi connectivity index (χ0) is 17.2. The van der Waals surface area contributed by atoms with Gasteiger partial charge in [-0.2, -0.15) is 0 Å². The Kier molecular flexibility index (Phi) is 4.64. The molecule has 0 bridgehead atoms. The van der Waals surface area contributed by atoms with Gasteiger partial charge in [-0.25, -0.2) is 18.1 Å². The maximum Gasteiger partial charge on any atom is 0.256 e. The summed E-state index contributed by atoms with van der Waals surface area (Å²) < 4.78 is 27.2. The fourth-order valence-electron chi connectivity index (χ4n) is 2.23. The van der Waals surface area contributed by atoms with Crippen LogP contribution in [0.2, 0.25) is 0 Å². The zero-order valence-electron chi connectivity index (χ0n) is 13.3. The molecule has 1 heterocycles. The summed E-state index contributed by atoms with van der Waals surface area (Å²) in [6, 6.07) is 9.62. The van der Waals surface area contributed by atoms with Crippen molar-refractivity contribution >= 4 is 21.7 Å². The largest absolute Gasteiger partial charge is 0.306 e. The first-order chi connectivity index (χ1) is 11.5. The predicted octanol–water partition coefficient (Wildman–Crippen LogP) is 2.33. The van der Waals surface area contributed by atoms with Gasteiger partial charge in [0.05, 0.1) is 4.90 Å². The summed E-state index contributed by atoms with van der Waals surface area (Å²) in [5.74, 6) is 0.511. The number of carbonyl (C=O) groups excluding carboxylic acids is 1. The van der Waals surface area contributed by atoms with E-state index < -0.39 is 15.9 Å². The molecule has 0 saturated heterocycles. The molecule has 0 aliphatic heterocycles. The highest BCUT2D eigenvalue weighted by Gasteiger charge is 2.24. The third-order valence-electron chi connectivity index (χ3n) is 3.91. The molecule has 3 rings (SSSR count). The number of benzene rings is 1. The summed E-state index contributed by atoms with van der Waals surface area (Å²) in [6.45, 7) is 2.29. The summed E-state index contributed by atoms with van der Waals surface area (Å²) in [7, 11) is -3.60. The first kappa shape index (κ1) is 16.6. The standard InChI is InChI=1S/C17H19N3O3S/c1-12-4-3-9-18-16(12)20-17(21)14-5-2-6-15(10-14)24(22,23)19-11-13-7-8-13/h2-6,9-10,13,19H,7-8,11H2,1H3,(H,18,20,21). The van der Waals surface area contributed by atoms with Crippen molar-refractivity contribution in [3.05, 3.63) is 53.7 Å². The van der Waals surface area contributed by atoms with E-state index >= 15 is 0 Å². The summed E-state index contributed by atoms with van der Waals surface area (Å²) in [4.78, 5) is 16.6. The molecular formula is C17H19N3O3S. The SMILES string of the molecule is Cc1cccnc1NC(=O)c1cccc(S(=O)(=O)NCC2CC2)c1. The summed E-state index contributed by atoms with van der Waals surface area (Å²) >= 11 is 0. The third kappa shape index (κ3) is 3.98. The lowest BCUT2D eigenvalue weighted by molar-refractivity contribution is 0.102. The highest BCUT2D eigenvalue weighted by atomic mass is 32.2. The Hall–Kier alpha value is -2.25. The van der Waals surface area contributed by atoms with E-state index in [1.165, 1.54) is 12.1 Å². The van der Waals surface area contributed by atoms with Crippen molar-refractivity contribution in [1.29, 1.82) is 0 Å². The second-order valence-corrected chi connectivity index (χ2v) is 7.71. The number of nitrogens with one attached hydrogen (secondary N) is 2. The number of aromatic nitrogens is 1. The molecular weight excluding hydrogens is 326 g/mol. The number of rotatable bonds is 6. The molecule has 126 valence electrons. The number of hydrogen-bond donors (Lipinski definition) is 2. The van der Waals surface area contributed by atoms with Gasteiger partial charge in [0.15, 0.2) is 0 Å². The lowest BCUT2D eigenvalue weighted by atomic mass is 10.2. The lowest BCUT2D eigenvalue weighted by Crippen LogP contribution is -2.26. The predicted molar refractivity (Wildman–Crippen MR) is 91.3 cm³/mol. The molecule has 1 aliphatic rings. The summed E-state index contributed by atoms with van der Waals surface area (Å²) in [5.41, 5.74) is 1.11. The molecule has 1 aromatic heterocycles. The average Bonchev–Trinajstić information content (AvgIpc) is 3.40. The van der Waals surface area contributed by atoms with Gasteiger partial charge >= 0.3 is 0 Å². The van der Waals surface area contributed by atoms with E-state index in [4.69, 9.17) is 0 Å². The van der Waals surface area contributed by atoms with E-state index in [0.29, 0.717) is 18.3 Å². The highest BCUT2D eigenvalue weighted by Crippen LogP contribution is 2.28. The molecule has 2 aromatic rings. The minimum absolute atomic E-state index is 0.0912. The number of nitrogens with zero attached hydrogens (tertiary/aromatic N) is 1. The molecule has 24 heavy (non-hydrogen) atoms. The Balaban J connectivity index is 1.76. The van der Waals surface area contributed by atoms with E-state index in [9.17, 15) is 13.2 Å². The van der Waals surface area contributed by atoms with Crippen LogP contribution in [-0.2, 0) is 10.0 Å². The smallest absolute Gasteiger partial charge is 0.256 e. The molecule has 1 fully saturated rings. The Morgan fingerprint density at radius 2 is 2.04 bits per heavy atom. The number of anilines is 1. The molecule has 0 spiro atoms. The lowest BCUT2D eigenvalue weighted by Gasteiger charge is -2.09. The minimum Gasteiger partial charge on any atom is -0.306 e. The van der Waals surface area contributed by atoms with Crippen LogP contribution in [0.15, 0.2) is 47.5 Å². The Labute approximate surface area is 141 Å². The van der Waals surface area contributed by atoms with E-state index in [1.54, 1.807) is 24.4 Å². The van der Waals surface area contributed by atoms with Crippen LogP contribution in [-0.4, -0.2) is 25.9 Å². The van der Waals surface area contributed by atoms with Gasteiger partial charge in [0, 0.05) is 18.3 Å². The van der Waals surface area contributed by atoms with Crippen LogP contribution in [0.3, 0.4) is 0 Å². The molecule has 6 nitrogen and oxygen atoms in total. The molecule has 2 N–H and O–H groups in total. The maximum absolute atomic E-state index is 12.4. The quantitative estimate of drug-likeness (QED) is 0.841. The van der Waals surface area contributed by atoms with Crippen LogP contribution >= 0.6 is 0 Å². The van der Waals surface area contributed by atoms with Crippen molar-refractivity contribution < 1.29 is 13.2 Å². The number of sulfonamides is 1. The van der Waals surface area contributed by atoms with Crippen LogP contribution < -0.4 is 10.0 Å². The van der Waals surface area contributed by atoms with Gasteiger partial charge < -0.3 is 5.32 Å². The second-order valence-electron chi connectivity index (χ2n) is 5.95. The highest BCUT2D eigenvalue weighted by molar-refractivity contribution is 7.89. The molecule has 1 amide bonds. The normalized spacial score (nSPS) is 14.4. The molecule has 7 heteroatoms. The van der Waals surface area contributed by atoms with Gasteiger partial charge in [0.25, 0.3) is 5.91 Å². The van der Waals surface area contributed by atoms with E-state index in [2.05, 4.69) is 15.0 Å². The molecule has 1 aliphatic carbocycles. The van der Waals surface area contributed by atoms with Crippen LogP contribution in [0.25, 0.3) is 0 Å². The van der Waals surface area contributed by atoms with E-state index in [0.717, 1.165) is 18.4 Å². The monoisotopic (exact) mass is 345 g/mol. The summed E-state index contributed by atoms with van der Waals surface area (Å²) in [5, 5.41) is 2.70. The van der Waals surface area contributed by atoms with Crippen LogP contribution in [0.1, 0.15) is 28.8 Å². The Bertz CT molecular complexity index is 861. The van der Waals surface area contributed by atoms with Crippen LogP contribution in [0.5, 0.6) is 0 Å². The van der Waals surface area contributed by atoms with Crippen molar-refractivity contribution in [2.24, 2.45) is 5.92 Å². The fraction of sp³-hybridized carbons (Fsp3) is 0.294. The Morgan fingerprint density at radius 1 is 1.25 bits per heavy atom. The van der Waals surface area contributed by atoms with Gasteiger partial charge in [-0.05, 0) is 55.5 Å². The van der Waals surface area contributed by atoms with Crippen molar-refractivity contribution in [3.63, 3.8) is 0 Å². The molecule has 1 aromatic carbocycles. The first-order valence-electron chi connectivity index (χ1n) is 7.78. The zero-order valence-corrected chi connectivity index (χ0v) is 14.1. The topological polar surface area (TPSA) is 88.2 Å². The maximum atomic E-state index is 12.4. The van der Waals surface area contributed by atoms with Gasteiger partial charge in [0.2, 0.25) is 10.0 Å². The minimum atomic E-state index is -3.60. The van der Waals surface area contributed by atoms with Crippen molar-refractivity contribution in [3.8, 4) is 0 Å². The number of carbonyl (C=O) groups is 1. The van der Waals surface area contributed by atoms with E-state index in [-0.39, 0.29) is 10.5 Å². The van der Waals surface area contributed by atoms with Crippen LogP contribution in [0, 0.1) is 12.8 Å². The van der Waals surface area contributed by atoms with Gasteiger partial charge in [-0.15, -0.1) is 0 Å². The second kappa shape index (κ2) is 6.70. The van der Waals surface area contributed by atoms with Gasteiger partial charge in [-0.3, -0.25) is 4.79 Å². The number of pyridine rings is 1. The van der Waals surface area contributed by atoms with Gasteiger partial charge in [-0.1, -0.05) is 12.1 Å². The van der Waals surface area contributed by atoms with Crippen molar-refractivity contribution in [2.75, 3.05) is 11.9 Å². The van der Waals surface area contributed by atoms with E-state index in [1.807, 2.05) is 13.0 Å². The van der Waals surface area contributed by atoms with Crippen LogP contribution in [0.4, 0.5) is 5.82 Å². The Morgan fingerprint density at radius 3 is 2.75 bits per heavy atom. The van der Waals surface area contributed by atoms with Gasteiger partial charge in [0.1, 0.15) is 5.82 Å². The number of amides is 1. The molecule has 1 saturated carbocycles. The number of hydrogen-bond acceptors (Lipinski definition) is 4. The molecule has 0 atom stereocenters.